The van der Waals surface area contributed by atoms with Crippen molar-refractivity contribution in [3.05, 3.63) is 84.7 Å². The number of nitrogens with one attached hydrogen (secondary N) is 2. The molecule has 0 radical (unpaired) electrons. The van der Waals surface area contributed by atoms with Crippen molar-refractivity contribution >= 4 is 49.8 Å². The van der Waals surface area contributed by atoms with Gasteiger partial charge in [0.1, 0.15) is 4.21 Å². The number of nitrogens with zero attached hydrogens (tertiary/aromatic N) is 2. The Bertz CT molecular complexity index is 1620. The van der Waals surface area contributed by atoms with Crippen LogP contribution in [0.1, 0.15) is 15.9 Å². The molecule has 2 N–H and O–H groups in total. The molecule has 0 aliphatic carbocycles. The van der Waals surface area contributed by atoms with E-state index in [1.165, 1.54) is 18.2 Å². The third kappa shape index (κ3) is 3.95. The third-order valence-corrected chi connectivity index (χ3v) is 7.44. The fraction of sp³-hybridized carbons (Fsp3) is 0.0526. The molecular formula is C19H12ClFN4O5S2. The lowest BCUT2D eigenvalue weighted by atomic mass is 10.2. The van der Waals surface area contributed by atoms with Gasteiger partial charge in [-0.05, 0) is 42.8 Å². The van der Waals surface area contributed by atoms with Gasteiger partial charge in [-0.25, -0.2) is 31.9 Å². The number of benzene rings is 1. The lowest BCUT2D eigenvalue weighted by Crippen LogP contribution is -2.35. The summed E-state index contributed by atoms with van der Waals surface area (Å²) in [5, 5.41) is 0.138. The summed E-state index contributed by atoms with van der Waals surface area (Å²) in [6, 6.07) is 7.98. The Morgan fingerprint density at radius 2 is 1.97 bits per heavy atom. The van der Waals surface area contributed by atoms with Crippen LogP contribution in [0.3, 0.4) is 0 Å². The number of aromatic nitrogens is 3. The number of aromatic amines is 1. The maximum Gasteiger partial charge on any atom is 0.334 e. The first kappa shape index (κ1) is 21.9. The van der Waals surface area contributed by atoms with E-state index in [9.17, 15) is 27.2 Å². The first-order valence-corrected chi connectivity index (χ1v) is 11.5. The molecule has 13 heteroatoms. The van der Waals surface area contributed by atoms with E-state index in [-0.39, 0.29) is 19.4 Å². The summed E-state index contributed by atoms with van der Waals surface area (Å²) < 4.78 is 41.6. The molecule has 0 unspecified atom stereocenters. The van der Waals surface area contributed by atoms with Crippen molar-refractivity contribution < 1.29 is 17.6 Å². The van der Waals surface area contributed by atoms with Crippen LogP contribution in [0.4, 0.5) is 4.39 Å². The second kappa shape index (κ2) is 7.97. The Morgan fingerprint density at radius 3 is 2.62 bits per heavy atom. The van der Waals surface area contributed by atoms with E-state index < -0.39 is 44.4 Å². The van der Waals surface area contributed by atoms with Gasteiger partial charge in [-0.3, -0.25) is 9.59 Å². The maximum atomic E-state index is 14.8. The van der Waals surface area contributed by atoms with E-state index in [1.54, 1.807) is 23.8 Å². The lowest BCUT2D eigenvalue weighted by Gasteiger charge is -2.09. The van der Waals surface area contributed by atoms with Gasteiger partial charge in [-0.2, -0.15) is 0 Å². The average molecular weight is 495 g/mol. The molecule has 1 amide bonds. The van der Waals surface area contributed by atoms with Crippen LogP contribution in [0, 0.1) is 12.7 Å². The Hall–Kier alpha value is -3.35. The van der Waals surface area contributed by atoms with E-state index in [2.05, 4.69) is 9.97 Å². The summed E-state index contributed by atoms with van der Waals surface area (Å²) in [5.74, 6) is -2.96. The molecule has 0 fully saturated rings. The minimum Gasteiger partial charge on any atom is -0.306 e. The smallest absolute Gasteiger partial charge is 0.306 e. The van der Waals surface area contributed by atoms with Crippen molar-refractivity contribution in [3.63, 3.8) is 0 Å². The number of halogens is 2. The number of carbonyl (C=O) groups excluding carboxylic acids is 1. The van der Waals surface area contributed by atoms with Gasteiger partial charge in [-0.15, -0.1) is 11.3 Å². The zero-order chi connectivity index (χ0) is 23.2. The highest BCUT2D eigenvalue weighted by atomic mass is 35.5. The van der Waals surface area contributed by atoms with Crippen molar-refractivity contribution in [3.8, 4) is 5.82 Å². The van der Waals surface area contributed by atoms with Gasteiger partial charge < -0.3 is 4.98 Å². The van der Waals surface area contributed by atoms with Crippen LogP contribution in [0.25, 0.3) is 16.7 Å². The summed E-state index contributed by atoms with van der Waals surface area (Å²) in [4.78, 5) is 43.7. The second-order valence-corrected chi connectivity index (χ2v) is 10.3. The topological polar surface area (TPSA) is 131 Å². The molecule has 32 heavy (non-hydrogen) atoms. The number of amides is 1. The molecule has 9 nitrogen and oxygen atoms in total. The Balaban J connectivity index is 1.72. The summed E-state index contributed by atoms with van der Waals surface area (Å²) >= 11 is 6.45. The standard InChI is InChI=1S/C19H12ClFN4O5S2/c1-9-2-3-11-13(6-9)23-19(28)25(18(11)27)16-12(21)7-10(8-22-16)17(26)24-32(29,30)15-5-4-14(20)31-15/h2-8H,1H3,(H,23,28)(H,24,26). The molecule has 4 aromatic rings. The van der Waals surface area contributed by atoms with Gasteiger partial charge in [-0.1, -0.05) is 17.7 Å². The third-order valence-electron chi connectivity index (χ3n) is 4.39. The average Bonchev–Trinajstić information content (AvgIpc) is 3.16. The lowest BCUT2D eigenvalue weighted by molar-refractivity contribution is 0.0980. The summed E-state index contributed by atoms with van der Waals surface area (Å²) in [7, 11) is -4.23. The fourth-order valence-corrected chi connectivity index (χ4v) is 5.37. The summed E-state index contributed by atoms with van der Waals surface area (Å²) in [6.07, 6.45) is 0.857. The Morgan fingerprint density at radius 1 is 1.22 bits per heavy atom. The van der Waals surface area contributed by atoms with Crippen LogP contribution >= 0.6 is 22.9 Å². The van der Waals surface area contributed by atoms with Gasteiger partial charge in [0, 0.05) is 6.20 Å². The minimum atomic E-state index is -4.23. The number of hydrogen-bond donors (Lipinski definition) is 2. The molecule has 0 atom stereocenters. The van der Waals surface area contributed by atoms with E-state index in [0.29, 0.717) is 10.6 Å². The number of aryl methyl sites for hydroxylation is 1. The number of hydrogen-bond acceptors (Lipinski definition) is 7. The molecule has 164 valence electrons. The number of sulfonamides is 1. The van der Waals surface area contributed by atoms with E-state index in [4.69, 9.17) is 11.6 Å². The molecule has 0 aliphatic heterocycles. The van der Waals surface area contributed by atoms with E-state index in [1.807, 2.05) is 0 Å². The molecule has 0 bridgehead atoms. The number of rotatable bonds is 4. The van der Waals surface area contributed by atoms with Crippen LogP contribution in [-0.2, 0) is 10.0 Å². The predicted molar refractivity (Wildman–Crippen MR) is 117 cm³/mol. The predicted octanol–water partition coefficient (Wildman–Crippen LogP) is 2.36. The Kier molecular flexibility index (Phi) is 5.44. The van der Waals surface area contributed by atoms with Gasteiger partial charge in [0.25, 0.3) is 21.5 Å². The summed E-state index contributed by atoms with van der Waals surface area (Å²) in [6.45, 7) is 1.78. The quantitative estimate of drug-likeness (QED) is 0.447. The molecule has 4 rings (SSSR count). The number of thiophene rings is 1. The number of H-pyrrole nitrogens is 1. The largest absolute Gasteiger partial charge is 0.334 e. The molecule has 1 aromatic carbocycles. The molecular weight excluding hydrogens is 483 g/mol. The molecule has 0 spiro atoms. The van der Waals surface area contributed by atoms with Crippen molar-refractivity contribution in [2.75, 3.05) is 0 Å². The molecule has 0 saturated carbocycles. The van der Waals surface area contributed by atoms with Gasteiger partial charge in [0.15, 0.2) is 11.6 Å². The molecule has 0 aliphatic rings. The van der Waals surface area contributed by atoms with Crippen molar-refractivity contribution in [1.82, 2.24) is 19.3 Å². The van der Waals surface area contributed by atoms with Crippen LogP contribution in [0.2, 0.25) is 4.34 Å². The van der Waals surface area contributed by atoms with Gasteiger partial charge in [0.2, 0.25) is 0 Å². The van der Waals surface area contributed by atoms with Crippen molar-refractivity contribution in [2.45, 2.75) is 11.1 Å². The fourth-order valence-electron chi connectivity index (χ4n) is 2.92. The Labute approximate surface area is 188 Å². The normalized spacial score (nSPS) is 11.6. The van der Waals surface area contributed by atoms with Crippen LogP contribution in [0.15, 0.2) is 56.4 Å². The van der Waals surface area contributed by atoms with Gasteiger partial charge >= 0.3 is 5.69 Å². The van der Waals surface area contributed by atoms with Crippen LogP contribution < -0.4 is 16.0 Å². The van der Waals surface area contributed by atoms with Crippen molar-refractivity contribution in [1.29, 1.82) is 0 Å². The van der Waals surface area contributed by atoms with E-state index in [0.717, 1.165) is 23.1 Å². The van der Waals surface area contributed by atoms with E-state index >= 15 is 0 Å². The highest BCUT2D eigenvalue weighted by Crippen LogP contribution is 2.25. The van der Waals surface area contributed by atoms with Gasteiger partial charge in [0.05, 0.1) is 20.8 Å². The highest BCUT2D eigenvalue weighted by molar-refractivity contribution is 7.92. The number of carbonyl (C=O) groups is 1. The zero-order valence-corrected chi connectivity index (χ0v) is 18.4. The minimum absolute atomic E-state index is 0.138. The molecule has 3 heterocycles. The van der Waals surface area contributed by atoms with Crippen LogP contribution in [-0.4, -0.2) is 28.9 Å². The number of pyridine rings is 1. The SMILES string of the molecule is Cc1ccc2c(=O)n(-c3ncc(C(=O)NS(=O)(=O)c4ccc(Cl)s4)cc3F)c(=O)[nH]c2c1. The first-order chi connectivity index (χ1) is 15.1. The van der Waals surface area contributed by atoms with Crippen molar-refractivity contribution in [2.24, 2.45) is 0 Å². The zero-order valence-electron chi connectivity index (χ0n) is 16.0. The maximum absolute atomic E-state index is 14.8. The molecule has 3 aromatic heterocycles. The first-order valence-electron chi connectivity index (χ1n) is 8.81. The highest BCUT2D eigenvalue weighted by Gasteiger charge is 2.23. The summed E-state index contributed by atoms with van der Waals surface area (Å²) in [5.41, 5.74) is -1.06. The van der Waals surface area contributed by atoms with Crippen LogP contribution in [0.5, 0.6) is 0 Å². The monoisotopic (exact) mass is 494 g/mol. The molecule has 0 saturated heterocycles. The number of fused-ring (bicyclic) bond motifs is 1. The second-order valence-electron chi connectivity index (χ2n) is 6.64.